The highest BCUT2D eigenvalue weighted by atomic mass is 15.1. The molecule has 13 aromatic rings. The molecule has 0 saturated carbocycles. The van der Waals surface area contributed by atoms with Crippen LogP contribution in [0, 0.1) is 0 Å². The van der Waals surface area contributed by atoms with Gasteiger partial charge in [-0.05, 0) is 149 Å². The first-order chi connectivity index (χ1) is 36.0. The smallest absolute Gasteiger partial charge is 0.0541 e. The molecule has 0 amide bonds. The molecule has 0 unspecified atom stereocenters. The van der Waals surface area contributed by atoms with Crippen LogP contribution >= 0.6 is 0 Å². The number of benzene rings is 12. The minimum atomic E-state index is 0.0182. The van der Waals surface area contributed by atoms with E-state index in [1.807, 2.05) is 0 Å². The zero-order chi connectivity index (χ0) is 50.3. The first kappa shape index (κ1) is 45.2. The Hall–Kier alpha value is -8.72. The van der Waals surface area contributed by atoms with Gasteiger partial charge in [0.05, 0.1) is 28.1 Å². The number of rotatable bonds is 8. The van der Waals surface area contributed by atoms with E-state index in [1.165, 1.54) is 98.8 Å². The van der Waals surface area contributed by atoms with Crippen molar-refractivity contribution in [3.63, 3.8) is 0 Å². The molecule has 1 aromatic heterocycles. The van der Waals surface area contributed by atoms with Crippen molar-refractivity contribution in [3.8, 4) is 50.2 Å². The molecule has 0 bridgehead atoms. The molecule has 0 fully saturated rings. The van der Waals surface area contributed by atoms with Crippen molar-refractivity contribution < 1.29 is 0 Å². The fourth-order valence-corrected chi connectivity index (χ4v) is 11.5. The van der Waals surface area contributed by atoms with Crippen LogP contribution < -0.4 is 4.90 Å². The van der Waals surface area contributed by atoms with Crippen molar-refractivity contribution >= 4 is 71.2 Å². The third-order valence-corrected chi connectivity index (χ3v) is 15.4. The lowest BCUT2D eigenvalue weighted by molar-refractivity contribution is 0.590. The van der Waals surface area contributed by atoms with Gasteiger partial charge in [-0.15, -0.1) is 0 Å². The first-order valence-electron chi connectivity index (χ1n) is 26.1. The molecule has 0 atom stereocenters. The van der Waals surface area contributed by atoms with E-state index in [0.29, 0.717) is 0 Å². The van der Waals surface area contributed by atoms with Crippen molar-refractivity contribution in [2.45, 2.75) is 52.4 Å². The van der Waals surface area contributed by atoms with Gasteiger partial charge in [-0.3, -0.25) is 0 Å². The molecule has 0 spiro atoms. The number of hydrogen-bond acceptors (Lipinski definition) is 1. The van der Waals surface area contributed by atoms with E-state index in [4.69, 9.17) is 0 Å². The molecule has 74 heavy (non-hydrogen) atoms. The summed E-state index contributed by atoms with van der Waals surface area (Å²) >= 11 is 0. The number of nitrogens with zero attached hydrogens (tertiary/aromatic N) is 2. The maximum atomic E-state index is 2.53. The molecule has 2 nitrogen and oxygen atoms in total. The van der Waals surface area contributed by atoms with Crippen molar-refractivity contribution in [1.29, 1.82) is 0 Å². The molecule has 0 aliphatic carbocycles. The van der Waals surface area contributed by atoms with Crippen molar-refractivity contribution in [3.05, 3.63) is 254 Å². The zero-order valence-corrected chi connectivity index (χ0v) is 43.0. The van der Waals surface area contributed by atoms with Gasteiger partial charge in [0, 0.05) is 32.8 Å². The van der Waals surface area contributed by atoms with Crippen LogP contribution in [0.25, 0.3) is 104 Å². The summed E-state index contributed by atoms with van der Waals surface area (Å²) in [6.07, 6.45) is 0. The summed E-state index contributed by atoms with van der Waals surface area (Å²) in [6, 6.07) is 90.4. The highest BCUT2D eigenvalue weighted by Crippen LogP contribution is 2.49. The fourth-order valence-electron chi connectivity index (χ4n) is 11.5. The molecule has 2 heteroatoms. The van der Waals surface area contributed by atoms with Gasteiger partial charge in [-0.2, -0.15) is 0 Å². The Morgan fingerprint density at radius 2 is 0.770 bits per heavy atom. The van der Waals surface area contributed by atoms with E-state index < -0.39 is 0 Å². The third kappa shape index (κ3) is 7.72. The lowest BCUT2D eigenvalue weighted by atomic mass is 9.85. The number of fused-ring (bicyclic) bond motifs is 3. The number of aromatic nitrogens is 1. The average Bonchev–Trinajstić information content (AvgIpc) is 3.80. The maximum absolute atomic E-state index is 2.53. The van der Waals surface area contributed by atoms with E-state index in [-0.39, 0.29) is 10.8 Å². The van der Waals surface area contributed by atoms with E-state index in [9.17, 15) is 0 Å². The summed E-state index contributed by atoms with van der Waals surface area (Å²) in [4.78, 5) is 2.51. The number of hydrogen-bond donors (Lipinski definition) is 0. The molecule has 356 valence electrons. The second kappa shape index (κ2) is 17.5. The monoisotopic (exact) mass is 950 g/mol. The van der Waals surface area contributed by atoms with Crippen LogP contribution in [0.15, 0.2) is 243 Å². The highest BCUT2D eigenvalue weighted by Gasteiger charge is 2.25. The Labute approximate surface area is 434 Å². The van der Waals surface area contributed by atoms with Crippen LogP contribution in [-0.2, 0) is 10.8 Å². The molecule has 1 heterocycles. The molecule has 0 radical (unpaired) electrons. The standard InChI is InChI=1S/C72H58N2/c1-71(2,3)56-34-40-67-62(45-56)63-46-57(72(4,5)6)35-41-68(63)74(67)66-39-33-50-30-36-60-65(38-32-49-31-37-61(66)70(50)69(49)60)73(58-27-17-25-54(44-58)53-24-15-22-51(42-53)47-18-9-7-10-19-47)64-29-14-13-28-59(64)55-26-16-23-52(43-55)48-20-11-8-12-21-48/h7-46H,1-6H3. The lowest BCUT2D eigenvalue weighted by Gasteiger charge is -2.30. The quantitative estimate of drug-likeness (QED) is 0.138. The molecular formula is C72H58N2. The Balaban J connectivity index is 1.05. The molecule has 13 rings (SSSR count). The second-order valence-electron chi connectivity index (χ2n) is 22.2. The first-order valence-corrected chi connectivity index (χ1v) is 26.1. The van der Waals surface area contributed by atoms with Crippen LogP contribution in [0.5, 0.6) is 0 Å². The predicted octanol–water partition coefficient (Wildman–Crippen LogP) is 20.4. The summed E-state index contributed by atoms with van der Waals surface area (Å²) in [6.45, 7) is 13.9. The Morgan fingerprint density at radius 1 is 0.311 bits per heavy atom. The average molecular weight is 951 g/mol. The van der Waals surface area contributed by atoms with Crippen LogP contribution in [0.2, 0.25) is 0 Å². The second-order valence-corrected chi connectivity index (χ2v) is 22.2. The molecule has 0 saturated heterocycles. The summed E-state index contributed by atoms with van der Waals surface area (Å²) in [5, 5.41) is 10.0. The molecule has 12 aromatic carbocycles. The van der Waals surface area contributed by atoms with Gasteiger partial charge < -0.3 is 9.47 Å². The van der Waals surface area contributed by atoms with Gasteiger partial charge in [-0.25, -0.2) is 0 Å². The summed E-state index contributed by atoms with van der Waals surface area (Å²) in [7, 11) is 0. The molecule has 0 N–H and O–H groups in total. The van der Waals surface area contributed by atoms with E-state index >= 15 is 0 Å². The van der Waals surface area contributed by atoms with Crippen molar-refractivity contribution in [1.82, 2.24) is 4.57 Å². The van der Waals surface area contributed by atoms with Gasteiger partial charge in [-0.1, -0.05) is 217 Å². The Kier molecular flexibility index (Phi) is 10.7. The third-order valence-electron chi connectivity index (χ3n) is 15.4. The predicted molar refractivity (Wildman–Crippen MR) is 318 cm³/mol. The van der Waals surface area contributed by atoms with E-state index in [2.05, 4.69) is 294 Å². The Bertz CT molecular complexity index is 4190. The summed E-state index contributed by atoms with van der Waals surface area (Å²) < 4.78 is 2.53. The lowest BCUT2D eigenvalue weighted by Crippen LogP contribution is -2.12. The SMILES string of the molecule is CC(C)(C)c1ccc2c(c1)c1cc(C(C)(C)C)ccc1n2-c1ccc2ccc3c(N(c4cccc(-c5cccc(-c6ccccc6)c5)c4)c4ccccc4-c4cccc(-c5ccccc5)c4)ccc4ccc1c2c43. The summed E-state index contributed by atoms with van der Waals surface area (Å²) in [5.74, 6) is 0. The van der Waals surface area contributed by atoms with Gasteiger partial charge in [0.15, 0.2) is 0 Å². The van der Waals surface area contributed by atoms with Gasteiger partial charge >= 0.3 is 0 Å². The maximum Gasteiger partial charge on any atom is 0.0541 e. The van der Waals surface area contributed by atoms with Crippen LogP contribution in [0.4, 0.5) is 17.1 Å². The van der Waals surface area contributed by atoms with Crippen LogP contribution in [0.3, 0.4) is 0 Å². The zero-order valence-electron chi connectivity index (χ0n) is 43.0. The van der Waals surface area contributed by atoms with Gasteiger partial charge in [0.2, 0.25) is 0 Å². The number of para-hydroxylation sites is 1. The molecular weight excluding hydrogens is 893 g/mol. The van der Waals surface area contributed by atoms with Crippen molar-refractivity contribution in [2.75, 3.05) is 4.90 Å². The normalized spacial score (nSPS) is 12.2. The fraction of sp³-hybridized carbons (Fsp3) is 0.111. The van der Waals surface area contributed by atoms with Gasteiger partial charge in [0.1, 0.15) is 0 Å². The highest BCUT2D eigenvalue weighted by molar-refractivity contribution is 6.27. The topological polar surface area (TPSA) is 8.17 Å². The molecule has 0 aliphatic heterocycles. The summed E-state index contributed by atoms with van der Waals surface area (Å²) in [5.41, 5.74) is 19.1. The van der Waals surface area contributed by atoms with E-state index in [1.54, 1.807) is 0 Å². The largest absolute Gasteiger partial charge is 0.309 e. The van der Waals surface area contributed by atoms with Gasteiger partial charge in [0.25, 0.3) is 0 Å². The minimum absolute atomic E-state index is 0.0182. The van der Waals surface area contributed by atoms with Crippen molar-refractivity contribution in [2.24, 2.45) is 0 Å². The molecule has 0 aliphatic rings. The Morgan fingerprint density at radius 3 is 1.38 bits per heavy atom. The number of anilines is 3. The van der Waals surface area contributed by atoms with Crippen LogP contribution in [-0.4, -0.2) is 4.57 Å². The van der Waals surface area contributed by atoms with E-state index in [0.717, 1.165) is 33.8 Å². The van der Waals surface area contributed by atoms with Crippen LogP contribution in [0.1, 0.15) is 52.7 Å². The minimum Gasteiger partial charge on any atom is -0.309 e.